The third kappa shape index (κ3) is 4.05. The molecule has 2 unspecified atom stereocenters. The van der Waals surface area contributed by atoms with E-state index in [1.165, 1.54) is 0 Å². The van der Waals surface area contributed by atoms with Crippen molar-refractivity contribution < 1.29 is 17.8 Å². The lowest BCUT2D eigenvalue weighted by atomic mass is 9.93. The molecule has 0 fully saturated rings. The normalized spacial score (nSPS) is 19.3. The summed E-state index contributed by atoms with van der Waals surface area (Å²) >= 11 is 0. The van der Waals surface area contributed by atoms with E-state index in [1.807, 2.05) is 12.1 Å². The molecule has 2 rings (SSSR count). The number of fused-ring (bicyclic) bond motifs is 1. The first kappa shape index (κ1) is 17.4. The van der Waals surface area contributed by atoms with E-state index in [-0.39, 0.29) is 0 Å². The molecule has 9 heteroatoms. The molecule has 1 aliphatic rings. The van der Waals surface area contributed by atoms with Crippen molar-refractivity contribution in [3.8, 4) is 0 Å². The summed E-state index contributed by atoms with van der Waals surface area (Å²) in [5, 5.41) is -1.75. The van der Waals surface area contributed by atoms with Crippen LogP contribution in [0.15, 0.2) is 17.1 Å². The minimum Gasteiger partial charge on any atom is -0.370 e. The highest BCUT2D eigenvalue weighted by molar-refractivity contribution is 7.87. The Morgan fingerprint density at radius 1 is 1.39 bits per heavy atom. The van der Waals surface area contributed by atoms with Crippen molar-refractivity contribution in [3.05, 3.63) is 29.1 Å². The molecule has 1 heterocycles. The van der Waals surface area contributed by atoms with Gasteiger partial charge in [-0.05, 0) is 37.8 Å². The molecular weight excluding hydrogens is 320 g/mol. The van der Waals surface area contributed by atoms with Gasteiger partial charge < -0.3 is 11.5 Å². The molecule has 1 amide bonds. The number of rotatable bonds is 3. The average Bonchev–Trinajstić information content (AvgIpc) is 2.59. The summed E-state index contributed by atoms with van der Waals surface area (Å²) in [5.74, 6) is -2.40. The Hall–Kier alpha value is -2.00. The van der Waals surface area contributed by atoms with Crippen molar-refractivity contribution in [1.82, 2.24) is 4.98 Å². The molecule has 23 heavy (non-hydrogen) atoms. The highest BCUT2D eigenvalue weighted by Gasteiger charge is 2.41. The van der Waals surface area contributed by atoms with E-state index in [2.05, 4.69) is 9.98 Å². The zero-order valence-electron chi connectivity index (χ0n) is 12.8. The molecular formula is C14H20N4O4S. The van der Waals surface area contributed by atoms with Gasteiger partial charge in [-0.25, -0.2) is 0 Å². The van der Waals surface area contributed by atoms with Gasteiger partial charge in [0.1, 0.15) is 0 Å². The van der Waals surface area contributed by atoms with Crippen LogP contribution in [-0.4, -0.2) is 35.1 Å². The highest BCUT2D eigenvalue weighted by Crippen LogP contribution is 2.35. The number of hydrogen-bond donors (Lipinski definition) is 3. The molecule has 0 aromatic carbocycles. The predicted molar refractivity (Wildman–Crippen MR) is 85.4 cm³/mol. The first-order valence-electron chi connectivity index (χ1n) is 7.26. The van der Waals surface area contributed by atoms with E-state index in [9.17, 15) is 17.8 Å². The molecule has 1 aromatic rings. The SMILES string of the molecule is Cc1ccc2c(n1)C(C(C(=O)N=C(N)N)S(=O)(=O)O)CCCC2. The number of nitrogens with zero attached hydrogens (tertiary/aromatic N) is 2. The number of aromatic nitrogens is 1. The number of aryl methyl sites for hydroxylation is 2. The summed E-state index contributed by atoms with van der Waals surface area (Å²) in [6, 6.07) is 3.71. The van der Waals surface area contributed by atoms with Crippen LogP contribution in [0.2, 0.25) is 0 Å². The number of nitrogens with two attached hydrogens (primary N) is 2. The maximum atomic E-state index is 12.2. The third-order valence-corrected chi connectivity index (χ3v) is 5.05. The summed E-state index contributed by atoms with van der Waals surface area (Å²) in [6.07, 6.45) is 2.71. The summed E-state index contributed by atoms with van der Waals surface area (Å²) in [6.45, 7) is 1.78. The van der Waals surface area contributed by atoms with E-state index in [4.69, 9.17) is 11.5 Å². The molecule has 126 valence electrons. The van der Waals surface area contributed by atoms with Gasteiger partial charge >= 0.3 is 0 Å². The fourth-order valence-electron chi connectivity index (χ4n) is 2.95. The van der Waals surface area contributed by atoms with Crippen LogP contribution in [-0.2, 0) is 21.3 Å². The van der Waals surface area contributed by atoms with Gasteiger partial charge in [0.2, 0.25) is 0 Å². The lowest BCUT2D eigenvalue weighted by Gasteiger charge is -2.22. The first-order chi connectivity index (χ1) is 10.7. The van der Waals surface area contributed by atoms with Gasteiger partial charge in [-0.1, -0.05) is 12.5 Å². The molecule has 0 spiro atoms. The van der Waals surface area contributed by atoms with Crippen molar-refractivity contribution in [2.75, 3.05) is 0 Å². The highest BCUT2D eigenvalue weighted by atomic mass is 32.2. The Balaban J connectivity index is 2.57. The summed E-state index contributed by atoms with van der Waals surface area (Å²) < 4.78 is 33.2. The zero-order valence-corrected chi connectivity index (χ0v) is 13.6. The van der Waals surface area contributed by atoms with Crippen LogP contribution in [0.25, 0.3) is 0 Å². The van der Waals surface area contributed by atoms with Gasteiger partial charge in [0.15, 0.2) is 11.2 Å². The molecule has 0 radical (unpaired) electrons. The topological polar surface area (TPSA) is 149 Å². The third-order valence-electron chi connectivity index (χ3n) is 3.88. The van der Waals surface area contributed by atoms with E-state index in [0.29, 0.717) is 24.2 Å². The number of aliphatic imine (C=N–C) groups is 1. The summed E-state index contributed by atoms with van der Waals surface area (Å²) in [7, 11) is -4.69. The molecule has 2 atom stereocenters. The van der Waals surface area contributed by atoms with Crippen LogP contribution in [0.5, 0.6) is 0 Å². The smallest absolute Gasteiger partial charge is 0.277 e. The molecule has 0 saturated heterocycles. The van der Waals surface area contributed by atoms with Gasteiger partial charge in [0.05, 0.1) is 0 Å². The standard InChI is InChI=1S/C14H20N4O4S/c1-8-6-7-9-4-2-3-5-10(11(9)17-8)12(23(20,21)22)13(19)18-14(15)16/h6-7,10,12H,2-5H2,1H3,(H,20,21,22)(H4,15,16,18,19). The maximum Gasteiger partial charge on any atom is 0.277 e. The summed E-state index contributed by atoms with van der Waals surface area (Å²) in [4.78, 5) is 19.9. The second-order valence-electron chi connectivity index (χ2n) is 5.66. The number of carbonyl (C=O) groups is 1. The molecule has 8 nitrogen and oxygen atoms in total. The van der Waals surface area contributed by atoms with Crippen molar-refractivity contribution in [1.29, 1.82) is 0 Å². The van der Waals surface area contributed by atoms with Gasteiger partial charge in [-0.15, -0.1) is 0 Å². The Labute approximate surface area is 134 Å². The quantitative estimate of drug-likeness (QED) is 0.309. The van der Waals surface area contributed by atoms with Crippen molar-refractivity contribution in [2.45, 2.75) is 43.8 Å². The maximum absolute atomic E-state index is 12.2. The van der Waals surface area contributed by atoms with Crippen LogP contribution in [0.1, 0.15) is 42.1 Å². The van der Waals surface area contributed by atoms with Crippen LogP contribution in [0.4, 0.5) is 0 Å². The van der Waals surface area contributed by atoms with Crippen molar-refractivity contribution in [2.24, 2.45) is 16.5 Å². The fourth-order valence-corrected chi connectivity index (χ4v) is 3.93. The van der Waals surface area contributed by atoms with E-state index >= 15 is 0 Å². The molecule has 0 saturated carbocycles. The molecule has 1 aliphatic carbocycles. The van der Waals surface area contributed by atoms with Gasteiger partial charge in [-0.3, -0.25) is 14.3 Å². The van der Waals surface area contributed by atoms with Crippen LogP contribution in [0.3, 0.4) is 0 Å². The molecule has 1 aromatic heterocycles. The summed E-state index contributed by atoms with van der Waals surface area (Å²) in [5.41, 5.74) is 12.4. The minimum absolute atomic E-state index is 0.402. The second-order valence-corrected chi connectivity index (χ2v) is 7.20. The number of hydrogen-bond acceptors (Lipinski definition) is 4. The zero-order chi connectivity index (χ0) is 17.2. The Bertz CT molecular complexity index is 741. The van der Waals surface area contributed by atoms with E-state index < -0.39 is 33.2 Å². The monoisotopic (exact) mass is 340 g/mol. The van der Waals surface area contributed by atoms with Crippen molar-refractivity contribution in [3.63, 3.8) is 0 Å². The predicted octanol–water partition coefficient (Wildman–Crippen LogP) is 0.256. The van der Waals surface area contributed by atoms with E-state index in [0.717, 1.165) is 18.4 Å². The van der Waals surface area contributed by atoms with Gasteiger partial charge in [0, 0.05) is 17.3 Å². The Morgan fingerprint density at radius 2 is 2.09 bits per heavy atom. The second kappa shape index (κ2) is 6.63. The number of pyridine rings is 1. The lowest BCUT2D eigenvalue weighted by molar-refractivity contribution is -0.117. The average molecular weight is 340 g/mol. The van der Waals surface area contributed by atoms with E-state index in [1.54, 1.807) is 6.92 Å². The minimum atomic E-state index is -4.69. The number of carbonyl (C=O) groups excluding carboxylic acids is 1. The fraction of sp³-hybridized carbons (Fsp3) is 0.500. The van der Waals surface area contributed by atoms with Crippen molar-refractivity contribution >= 4 is 22.0 Å². The van der Waals surface area contributed by atoms with Crippen LogP contribution >= 0.6 is 0 Å². The Kier molecular flexibility index (Phi) is 5.00. The van der Waals surface area contributed by atoms with Crippen LogP contribution in [0, 0.1) is 6.92 Å². The number of guanidine groups is 1. The molecule has 0 bridgehead atoms. The van der Waals surface area contributed by atoms with Gasteiger partial charge in [-0.2, -0.15) is 13.4 Å². The largest absolute Gasteiger partial charge is 0.370 e. The number of amides is 1. The molecule has 0 aliphatic heterocycles. The Morgan fingerprint density at radius 3 is 2.70 bits per heavy atom. The first-order valence-corrected chi connectivity index (χ1v) is 8.76. The lowest BCUT2D eigenvalue weighted by Crippen LogP contribution is -2.37. The van der Waals surface area contributed by atoms with Crippen LogP contribution < -0.4 is 11.5 Å². The van der Waals surface area contributed by atoms with Gasteiger partial charge in [0.25, 0.3) is 16.0 Å². The molecule has 5 N–H and O–H groups in total.